The Morgan fingerprint density at radius 2 is 1.80 bits per heavy atom. The highest BCUT2D eigenvalue weighted by Gasteiger charge is 2.34. The molecule has 0 amide bonds. The van der Waals surface area contributed by atoms with Crippen LogP contribution in [0.1, 0.15) is 30.7 Å². The van der Waals surface area contributed by atoms with E-state index in [1.54, 1.807) is 0 Å². The van der Waals surface area contributed by atoms with E-state index in [4.69, 9.17) is 5.11 Å². The van der Waals surface area contributed by atoms with Crippen LogP contribution in [0, 0.1) is 5.92 Å². The van der Waals surface area contributed by atoms with Gasteiger partial charge in [0.15, 0.2) is 0 Å². The van der Waals surface area contributed by atoms with Gasteiger partial charge in [-0.25, -0.2) is 0 Å². The number of carbonyl (C=O) groups is 2. The number of carboxylic acids is 1. The maximum Gasteiger partial charge on any atom is 0.314 e. The van der Waals surface area contributed by atoms with Crippen molar-refractivity contribution >= 4 is 22.5 Å². The van der Waals surface area contributed by atoms with E-state index in [1.165, 1.54) is 10.9 Å². The molecule has 1 N–H and O–H groups in total. The Labute approximate surface area is 117 Å². The van der Waals surface area contributed by atoms with Crippen LogP contribution in [0.15, 0.2) is 42.5 Å². The predicted octanol–water partition coefficient (Wildman–Crippen LogP) is 3.38. The van der Waals surface area contributed by atoms with Crippen molar-refractivity contribution in [3.63, 3.8) is 0 Å². The minimum absolute atomic E-state index is 0.137. The van der Waals surface area contributed by atoms with Crippen molar-refractivity contribution in [3.05, 3.63) is 48.0 Å². The molecule has 1 aliphatic carbocycles. The van der Waals surface area contributed by atoms with Crippen LogP contribution in [0.2, 0.25) is 0 Å². The fraction of sp³-hybridized carbons (Fsp3) is 0.294. The van der Waals surface area contributed by atoms with Gasteiger partial charge in [0.1, 0.15) is 11.7 Å². The minimum atomic E-state index is -0.980. The second-order valence-corrected chi connectivity index (χ2v) is 5.40. The van der Waals surface area contributed by atoms with Gasteiger partial charge in [0.05, 0.1) is 0 Å². The van der Waals surface area contributed by atoms with Crippen molar-refractivity contribution in [3.8, 4) is 0 Å². The van der Waals surface area contributed by atoms with Gasteiger partial charge in [-0.15, -0.1) is 0 Å². The number of aliphatic carboxylic acids is 1. The van der Waals surface area contributed by atoms with Gasteiger partial charge in [0.25, 0.3) is 0 Å². The molecular formula is C17H16O3. The van der Waals surface area contributed by atoms with Gasteiger partial charge in [0, 0.05) is 6.42 Å². The van der Waals surface area contributed by atoms with Crippen molar-refractivity contribution < 1.29 is 14.7 Å². The number of carbonyl (C=O) groups excluding carboxylic acids is 1. The number of Topliss-reactive ketones (excluding diaryl/α,β-unsaturated/α-hetero) is 1. The zero-order valence-electron chi connectivity index (χ0n) is 11.1. The monoisotopic (exact) mass is 268 g/mol. The van der Waals surface area contributed by atoms with Gasteiger partial charge in [-0.3, -0.25) is 9.59 Å². The second-order valence-electron chi connectivity index (χ2n) is 5.40. The number of hydrogen-bond acceptors (Lipinski definition) is 2. The highest BCUT2D eigenvalue weighted by molar-refractivity contribution is 5.99. The van der Waals surface area contributed by atoms with Crippen LogP contribution < -0.4 is 0 Å². The fourth-order valence-corrected chi connectivity index (χ4v) is 3.15. The maximum absolute atomic E-state index is 12.0. The molecule has 3 heteroatoms. The highest BCUT2D eigenvalue weighted by Crippen LogP contribution is 2.37. The molecule has 3 rings (SSSR count). The summed E-state index contributed by atoms with van der Waals surface area (Å²) in [7, 11) is 0. The number of ketones is 1. The van der Waals surface area contributed by atoms with Crippen LogP contribution >= 0.6 is 0 Å². The molecule has 0 saturated heterocycles. The van der Waals surface area contributed by atoms with Gasteiger partial charge in [-0.2, -0.15) is 0 Å². The average Bonchev–Trinajstić information content (AvgIpc) is 2.46. The van der Waals surface area contributed by atoms with Crippen molar-refractivity contribution in [2.75, 3.05) is 0 Å². The van der Waals surface area contributed by atoms with Gasteiger partial charge in [-0.05, 0) is 35.1 Å². The summed E-state index contributed by atoms with van der Waals surface area (Å²) in [5.41, 5.74) is 1.17. The lowest BCUT2D eigenvalue weighted by atomic mass is 9.77. The Morgan fingerprint density at radius 1 is 1.05 bits per heavy atom. The second kappa shape index (κ2) is 5.08. The molecule has 0 bridgehead atoms. The number of carboxylic acid groups (broad SMARTS) is 1. The third-order valence-corrected chi connectivity index (χ3v) is 4.20. The van der Waals surface area contributed by atoms with Crippen LogP contribution in [-0.4, -0.2) is 16.9 Å². The molecule has 1 aliphatic rings. The summed E-state index contributed by atoms with van der Waals surface area (Å²) in [5, 5.41) is 11.3. The van der Waals surface area contributed by atoms with Crippen molar-refractivity contribution in [1.29, 1.82) is 0 Å². The average molecular weight is 268 g/mol. The first kappa shape index (κ1) is 12.9. The van der Waals surface area contributed by atoms with E-state index in [0.717, 1.165) is 11.8 Å². The molecule has 1 unspecified atom stereocenters. The molecule has 2 atom stereocenters. The molecule has 1 saturated carbocycles. The molecule has 0 aliphatic heterocycles. The summed E-state index contributed by atoms with van der Waals surface area (Å²) >= 11 is 0. The Hall–Kier alpha value is -2.16. The van der Waals surface area contributed by atoms with Crippen molar-refractivity contribution in [2.24, 2.45) is 5.92 Å². The van der Waals surface area contributed by atoms with Crippen LogP contribution in [-0.2, 0) is 9.59 Å². The number of hydrogen-bond donors (Lipinski definition) is 1. The quantitative estimate of drug-likeness (QED) is 0.849. The molecule has 3 nitrogen and oxygen atoms in total. The van der Waals surface area contributed by atoms with Gasteiger partial charge >= 0.3 is 5.97 Å². The van der Waals surface area contributed by atoms with Gasteiger partial charge in [0.2, 0.25) is 0 Å². The van der Waals surface area contributed by atoms with E-state index in [1.807, 2.05) is 18.2 Å². The molecule has 0 radical (unpaired) electrons. The van der Waals surface area contributed by atoms with E-state index in [9.17, 15) is 9.59 Å². The summed E-state index contributed by atoms with van der Waals surface area (Å²) in [5.74, 6) is -1.78. The molecule has 0 spiro atoms. The first-order valence-electron chi connectivity index (χ1n) is 6.90. The largest absolute Gasteiger partial charge is 0.481 e. The van der Waals surface area contributed by atoms with E-state index < -0.39 is 11.9 Å². The number of fused-ring (bicyclic) bond motifs is 1. The zero-order valence-corrected chi connectivity index (χ0v) is 11.1. The van der Waals surface area contributed by atoms with Crippen LogP contribution in [0.4, 0.5) is 0 Å². The lowest BCUT2D eigenvalue weighted by Crippen LogP contribution is -2.30. The van der Waals surface area contributed by atoms with Gasteiger partial charge < -0.3 is 5.11 Å². The molecule has 2 aromatic carbocycles. The standard InChI is InChI=1S/C17H16O3/c18-16-10-12(8-9-15(16)17(19)20)14-7-3-5-11-4-1-2-6-13(11)14/h1-7,12,15H,8-10H2,(H,19,20)/t12-,15?/m0/s1. The van der Waals surface area contributed by atoms with Crippen molar-refractivity contribution in [1.82, 2.24) is 0 Å². The maximum atomic E-state index is 12.0. The summed E-state index contributed by atoms with van der Waals surface area (Å²) in [4.78, 5) is 23.0. The number of benzene rings is 2. The Bertz CT molecular complexity index is 669. The predicted molar refractivity (Wildman–Crippen MR) is 76.7 cm³/mol. The van der Waals surface area contributed by atoms with Crippen molar-refractivity contribution in [2.45, 2.75) is 25.2 Å². The first-order valence-corrected chi connectivity index (χ1v) is 6.90. The smallest absolute Gasteiger partial charge is 0.314 e. The summed E-state index contributed by atoms with van der Waals surface area (Å²) in [6.07, 6.45) is 1.55. The molecule has 2 aromatic rings. The van der Waals surface area contributed by atoms with Crippen LogP contribution in [0.3, 0.4) is 0 Å². The van der Waals surface area contributed by atoms with Crippen LogP contribution in [0.25, 0.3) is 10.8 Å². The lowest BCUT2D eigenvalue weighted by molar-refractivity contribution is -0.147. The molecule has 0 aromatic heterocycles. The summed E-state index contributed by atoms with van der Waals surface area (Å²) in [6, 6.07) is 14.2. The molecule has 1 fully saturated rings. The van der Waals surface area contributed by atoms with E-state index in [-0.39, 0.29) is 11.7 Å². The Kier molecular flexibility index (Phi) is 3.26. The number of rotatable bonds is 2. The fourth-order valence-electron chi connectivity index (χ4n) is 3.15. The zero-order chi connectivity index (χ0) is 14.1. The van der Waals surface area contributed by atoms with E-state index >= 15 is 0 Å². The highest BCUT2D eigenvalue weighted by atomic mass is 16.4. The molecular weight excluding hydrogens is 252 g/mol. The topological polar surface area (TPSA) is 54.4 Å². The Morgan fingerprint density at radius 3 is 2.55 bits per heavy atom. The van der Waals surface area contributed by atoms with E-state index in [0.29, 0.717) is 12.8 Å². The summed E-state index contributed by atoms with van der Waals surface area (Å²) < 4.78 is 0. The first-order chi connectivity index (χ1) is 9.66. The van der Waals surface area contributed by atoms with Gasteiger partial charge in [-0.1, -0.05) is 42.5 Å². The third-order valence-electron chi connectivity index (χ3n) is 4.20. The normalized spacial score (nSPS) is 22.9. The van der Waals surface area contributed by atoms with Crippen LogP contribution in [0.5, 0.6) is 0 Å². The summed E-state index contributed by atoms with van der Waals surface area (Å²) in [6.45, 7) is 0. The molecule has 20 heavy (non-hydrogen) atoms. The van der Waals surface area contributed by atoms with E-state index in [2.05, 4.69) is 24.3 Å². The SMILES string of the molecule is O=C(O)C1CC[C@H](c2cccc3ccccc23)CC1=O. The molecule has 0 heterocycles. The molecule has 102 valence electrons. The Balaban J connectivity index is 1.93. The third kappa shape index (κ3) is 2.20. The minimum Gasteiger partial charge on any atom is -0.481 e. The lowest BCUT2D eigenvalue weighted by Gasteiger charge is -2.26.